The number of ether oxygens (including phenoxy) is 3. The Balaban J connectivity index is 1.94. The normalized spacial score (nSPS) is 17.8. The van der Waals surface area contributed by atoms with Gasteiger partial charge in [-0.3, -0.25) is 4.79 Å². The second-order valence-electron chi connectivity index (χ2n) is 12.8. The van der Waals surface area contributed by atoms with Gasteiger partial charge in [-0.2, -0.15) is 0 Å². The number of hydrogen-bond acceptors (Lipinski definition) is 7. The van der Waals surface area contributed by atoms with Crippen LogP contribution in [-0.4, -0.2) is 41.6 Å². The molecule has 43 heavy (non-hydrogen) atoms. The summed E-state index contributed by atoms with van der Waals surface area (Å²) in [7, 11) is 1.25. The van der Waals surface area contributed by atoms with Gasteiger partial charge in [0.05, 0.1) is 12.7 Å². The van der Waals surface area contributed by atoms with Crippen molar-refractivity contribution in [2.45, 2.75) is 91.0 Å². The van der Waals surface area contributed by atoms with Crippen molar-refractivity contribution < 1.29 is 28.6 Å². The van der Waals surface area contributed by atoms with E-state index in [1.165, 1.54) is 7.11 Å². The number of methoxy groups -OCH3 is 1. The lowest BCUT2D eigenvalue weighted by atomic mass is 9.75. The van der Waals surface area contributed by atoms with E-state index in [-0.39, 0.29) is 23.7 Å². The van der Waals surface area contributed by atoms with Gasteiger partial charge in [-0.25, -0.2) is 9.59 Å². The molecule has 2 aromatic rings. The van der Waals surface area contributed by atoms with E-state index in [1.807, 2.05) is 88.4 Å². The third-order valence-electron chi connectivity index (χ3n) is 7.13. The summed E-state index contributed by atoms with van der Waals surface area (Å²) >= 11 is 0. The highest BCUT2D eigenvalue weighted by molar-refractivity contribution is 6.12. The lowest BCUT2D eigenvalue weighted by Gasteiger charge is -2.36. The maximum atomic E-state index is 14.5. The van der Waals surface area contributed by atoms with Crippen molar-refractivity contribution in [2.75, 3.05) is 7.11 Å². The second-order valence-corrected chi connectivity index (χ2v) is 12.8. The molecule has 0 unspecified atom stereocenters. The zero-order chi connectivity index (χ0) is 31.8. The average molecular weight is 591 g/mol. The summed E-state index contributed by atoms with van der Waals surface area (Å²) in [5.41, 5.74) is -0.439. The molecule has 8 nitrogen and oxygen atoms in total. The van der Waals surface area contributed by atoms with E-state index < -0.39 is 28.7 Å². The molecule has 3 rings (SSSR count). The molecule has 1 aliphatic heterocycles. The molecule has 1 amide bonds. The quantitative estimate of drug-likeness (QED) is 0.217. The van der Waals surface area contributed by atoms with E-state index in [0.717, 1.165) is 22.4 Å². The molecule has 0 aliphatic carbocycles. The minimum atomic E-state index is -1.74. The third kappa shape index (κ3) is 8.72. The Morgan fingerprint density at radius 2 is 1.65 bits per heavy atom. The predicted octanol–water partition coefficient (Wildman–Crippen LogP) is 6.44. The smallest absolute Gasteiger partial charge is 0.408 e. The monoisotopic (exact) mass is 590 g/mol. The van der Waals surface area contributed by atoms with E-state index in [2.05, 4.69) is 10.6 Å². The molecule has 0 spiro atoms. The SMILES string of the molecule is COC(=O)[C@@](CC(C)C)(NC(=O)OC(C)(C)C)C1=CN[C@](CC=C(C)C)(Cc2ccc(OCc3ccccc3)cc2)C1=O. The van der Waals surface area contributed by atoms with Gasteiger partial charge in [-0.15, -0.1) is 0 Å². The molecule has 1 aliphatic rings. The fourth-order valence-corrected chi connectivity index (χ4v) is 5.18. The molecule has 232 valence electrons. The largest absolute Gasteiger partial charge is 0.489 e. The van der Waals surface area contributed by atoms with Gasteiger partial charge in [0.2, 0.25) is 0 Å². The maximum absolute atomic E-state index is 14.5. The number of ketones is 1. The highest BCUT2D eigenvalue weighted by atomic mass is 16.6. The van der Waals surface area contributed by atoms with Crippen LogP contribution >= 0.6 is 0 Å². The first-order valence-electron chi connectivity index (χ1n) is 14.7. The van der Waals surface area contributed by atoms with Crippen LogP contribution in [0, 0.1) is 5.92 Å². The van der Waals surface area contributed by atoms with E-state index in [4.69, 9.17) is 14.2 Å². The van der Waals surface area contributed by atoms with Gasteiger partial charge in [0.15, 0.2) is 11.3 Å². The van der Waals surface area contributed by atoms with Crippen LogP contribution in [0.2, 0.25) is 0 Å². The fraction of sp³-hybridized carbons (Fsp3) is 0.457. The summed E-state index contributed by atoms with van der Waals surface area (Å²) in [5, 5.41) is 6.07. The fourth-order valence-electron chi connectivity index (χ4n) is 5.18. The van der Waals surface area contributed by atoms with Crippen LogP contribution in [0.4, 0.5) is 4.79 Å². The molecule has 0 aromatic heterocycles. The number of nitrogens with one attached hydrogen (secondary N) is 2. The van der Waals surface area contributed by atoms with Crippen molar-refractivity contribution in [2.24, 2.45) is 5.92 Å². The molecular formula is C35H46N2O6. The van der Waals surface area contributed by atoms with Gasteiger partial charge >= 0.3 is 12.1 Å². The van der Waals surface area contributed by atoms with Crippen LogP contribution in [0.15, 0.2) is 78.0 Å². The number of allylic oxidation sites excluding steroid dienone is 1. The first kappa shape index (κ1) is 33.4. The number of esters is 1. The first-order valence-corrected chi connectivity index (χ1v) is 14.7. The zero-order valence-corrected chi connectivity index (χ0v) is 26.7. The van der Waals surface area contributed by atoms with Crippen LogP contribution in [0.5, 0.6) is 5.75 Å². The summed E-state index contributed by atoms with van der Waals surface area (Å²) in [4.78, 5) is 41.1. The second kappa shape index (κ2) is 13.9. The van der Waals surface area contributed by atoms with E-state index >= 15 is 0 Å². The molecule has 2 N–H and O–H groups in total. The minimum Gasteiger partial charge on any atom is -0.489 e. The minimum absolute atomic E-state index is 0.0704. The highest BCUT2D eigenvalue weighted by Gasteiger charge is 2.55. The molecule has 0 saturated heterocycles. The molecule has 0 saturated carbocycles. The molecular weight excluding hydrogens is 544 g/mol. The zero-order valence-electron chi connectivity index (χ0n) is 26.7. The van der Waals surface area contributed by atoms with Crippen LogP contribution in [-0.2, 0) is 32.1 Å². The number of alkyl carbamates (subject to hydrolysis) is 1. The molecule has 2 aromatic carbocycles. The number of amides is 1. The van der Waals surface area contributed by atoms with Gasteiger partial charge in [0.1, 0.15) is 23.5 Å². The lowest BCUT2D eigenvalue weighted by Crippen LogP contribution is -2.60. The Hall–Kier alpha value is -4.07. The van der Waals surface area contributed by atoms with Gasteiger partial charge < -0.3 is 24.8 Å². The van der Waals surface area contributed by atoms with E-state index in [9.17, 15) is 14.4 Å². The van der Waals surface area contributed by atoms with Gasteiger partial charge in [-0.1, -0.05) is 68.0 Å². The van der Waals surface area contributed by atoms with Crippen molar-refractivity contribution in [1.29, 1.82) is 0 Å². The predicted molar refractivity (Wildman–Crippen MR) is 167 cm³/mol. The standard InChI is InChI=1S/C35H46N2O6/c1-24(2)18-19-34(21-26-14-16-28(17-15-26)42-23-27-12-10-9-11-13-27)30(38)29(22-36-34)35(20-25(3)4,31(39)41-8)37-32(40)43-33(5,6)7/h9-18,22,25,36H,19-21,23H2,1-8H3,(H,37,40)/t34-,35+/m1/s1. The summed E-state index contributed by atoms with van der Waals surface area (Å²) in [6, 6.07) is 17.6. The third-order valence-corrected chi connectivity index (χ3v) is 7.13. The first-order chi connectivity index (χ1) is 20.2. The van der Waals surface area contributed by atoms with E-state index in [1.54, 1.807) is 27.0 Å². The molecule has 0 radical (unpaired) electrons. The van der Waals surface area contributed by atoms with Crippen molar-refractivity contribution >= 4 is 17.8 Å². The number of benzene rings is 2. The van der Waals surface area contributed by atoms with Crippen molar-refractivity contribution in [3.63, 3.8) is 0 Å². The summed E-state index contributed by atoms with van der Waals surface area (Å²) in [6.07, 6.45) is 3.63. The Labute approximate surface area is 255 Å². The van der Waals surface area contributed by atoms with Crippen molar-refractivity contribution in [1.82, 2.24) is 10.6 Å². The van der Waals surface area contributed by atoms with E-state index in [0.29, 0.717) is 19.4 Å². The summed E-state index contributed by atoms with van der Waals surface area (Å²) < 4.78 is 16.7. The topological polar surface area (TPSA) is 103 Å². The highest BCUT2D eigenvalue weighted by Crippen LogP contribution is 2.37. The Morgan fingerprint density at radius 3 is 2.21 bits per heavy atom. The van der Waals surface area contributed by atoms with Gasteiger partial charge in [0, 0.05) is 12.6 Å². The molecule has 0 bridgehead atoms. The van der Waals surface area contributed by atoms with Gasteiger partial charge in [-0.05, 0) is 76.6 Å². The van der Waals surface area contributed by atoms with Gasteiger partial charge in [0.25, 0.3) is 0 Å². The van der Waals surface area contributed by atoms with Crippen LogP contribution < -0.4 is 15.4 Å². The number of carbonyl (C=O) groups excluding carboxylic acids is 3. The average Bonchev–Trinajstić information content (AvgIpc) is 3.25. The maximum Gasteiger partial charge on any atom is 0.408 e. The Kier molecular flexibility index (Phi) is 10.8. The molecule has 0 fully saturated rings. The van der Waals surface area contributed by atoms with Crippen LogP contribution in [0.1, 0.15) is 72.4 Å². The molecule has 1 heterocycles. The number of Topliss-reactive ketones (excluding diaryl/α,β-unsaturated/α-hetero) is 1. The van der Waals surface area contributed by atoms with Crippen LogP contribution in [0.25, 0.3) is 0 Å². The Bertz CT molecular complexity index is 1340. The molecule has 2 atom stereocenters. The summed E-state index contributed by atoms with van der Waals surface area (Å²) in [5.74, 6) is -0.361. The van der Waals surface area contributed by atoms with Crippen molar-refractivity contribution in [3.05, 3.63) is 89.1 Å². The number of rotatable bonds is 12. The number of carbonyl (C=O) groups is 3. The van der Waals surface area contributed by atoms with Crippen molar-refractivity contribution in [3.8, 4) is 5.75 Å². The molecule has 8 heteroatoms. The number of hydrogen-bond donors (Lipinski definition) is 2. The lowest BCUT2D eigenvalue weighted by molar-refractivity contribution is -0.148. The Morgan fingerprint density at radius 1 is 1.00 bits per heavy atom. The van der Waals surface area contributed by atoms with Crippen LogP contribution in [0.3, 0.4) is 0 Å². The summed E-state index contributed by atoms with van der Waals surface area (Å²) in [6.45, 7) is 13.4.